The lowest BCUT2D eigenvalue weighted by atomic mass is 9.74. The maximum atomic E-state index is 12.9. The van der Waals surface area contributed by atoms with E-state index in [1.165, 1.54) is 152 Å². The van der Waals surface area contributed by atoms with Gasteiger partial charge in [0.15, 0.2) is 0 Å². The number of hydrogen-bond donors (Lipinski definition) is 2. The molecular formula is C58H85N3O3. The Hall–Kier alpha value is -3.03. The Bertz CT molecular complexity index is 1780. The smallest absolute Gasteiger partial charge is 0.225 e. The first kappa shape index (κ1) is 47.5. The molecule has 3 aromatic rings. The molecule has 0 aromatic heterocycles. The number of carbonyl (C=O) groups excluding carboxylic acids is 1. The van der Waals surface area contributed by atoms with Crippen LogP contribution in [-0.4, -0.2) is 64.9 Å². The molecule has 350 valence electrons. The summed E-state index contributed by atoms with van der Waals surface area (Å²) in [6.07, 6.45) is 28.7. The molecule has 0 bridgehead atoms. The summed E-state index contributed by atoms with van der Waals surface area (Å²) < 4.78 is 6.51. The first-order chi connectivity index (χ1) is 31.5. The fourth-order valence-corrected chi connectivity index (χ4v) is 13.9. The van der Waals surface area contributed by atoms with Crippen molar-refractivity contribution in [3.05, 3.63) is 108 Å². The van der Waals surface area contributed by atoms with E-state index in [9.17, 15) is 9.90 Å². The van der Waals surface area contributed by atoms with Gasteiger partial charge in [-0.05, 0) is 149 Å². The minimum absolute atomic E-state index is 0.0852. The van der Waals surface area contributed by atoms with Gasteiger partial charge >= 0.3 is 0 Å². The zero-order valence-corrected chi connectivity index (χ0v) is 40.0. The lowest BCUT2D eigenvalue weighted by molar-refractivity contribution is -0.150. The molecular weight excluding hydrogens is 787 g/mol. The number of nitrogens with zero attached hydrogens (tertiary/aromatic N) is 2. The average molecular weight is 872 g/mol. The van der Waals surface area contributed by atoms with E-state index in [0.29, 0.717) is 25.0 Å². The van der Waals surface area contributed by atoms with Crippen molar-refractivity contribution >= 4 is 5.91 Å². The van der Waals surface area contributed by atoms with E-state index in [1.54, 1.807) is 0 Å². The molecule has 2 N–H and O–H groups in total. The predicted molar refractivity (Wildman–Crippen MR) is 263 cm³/mol. The highest BCUT2D eigenvalue weighted by Crippen LogP contribution is 2.53. The predicted octanol–water partition coefficient (Wildman–Crippen LogP) is 12.9. The third kappa shape index (κ3) is 11.6. The maximum absolute atomic E-state index is 12.9. The van der Waals surface area contributed by atoms with Crippen molar-refractivity contribution in [1.82, 2.24) is 15.1 Å². The van der Waals surface area contributed by atoms with E-state index in [1.807, 2.05) is 6.07 Å². The van der Waals surface area contributed by atoms with Crippen molar-refractivity contribution in [2.75, 3.05) is 26.3 Å². The first-order valence-electron chi connectivity index (χ1n) is 26.7. The molecule has 7 fully saturated rings. The highest BCUT2D eigenvalue weighted by atomic mass is 16.5. The standard InChI is InChI=1S/C26H31NO2.C20H31NO.C12H23N/c28-25-17-18-26(27(25)24(19-29-26)22-9-5-2-6-10-22)23-15-13-21(14-16-23)12-11-20-7-3-1-4-8-20;1-2-16-10-12-18(13-11-16)19-9-6-14-21(19)20(15-22)17-7-4-3-5-8-17;1-2-10-5-7-11(8-6-10)12-4-3-9-13-12/h1-10,21,23-24H,11-19H2;3-5,7-8,16,18-20,22H,2,6,9-15H2,1H3;10-13H,2-9H2,1H3/t21?,23?,24?,26-;16?,18?,19-,20-;10?,11?,12-/m011/s1. The fourth-order valence-electron chi connectivity index (χ4n) is 13.9. The van der Waals surface area contributed by atoms with Crippen LogP contribution in [0.1, 0.15) is 177 Å². The second-order valence-corrected chi connectivity index (χ2v) is 21.2. The van der Waals surface area contributed by atoms with Gasteiger partial charge in [-0.3, -0.25) is 9.69 Å². The van der Waals surface area contributed by atoms with Crippen LogP contribution in [0.25, 0.3) is 0 Å². The van der Waals surface area contributed by atoms with Crippen LogP contribution < -0.4 is 5.32 Å². The fraction of sp³-hybridized carbons (Fsp3) is 0.672. The van der Waals surface area contributed by atoms with Crippen molar-refractivity contribution in [1.29, 1.82) is 0 Å². The van der Waals surface area contributed by atoms with Gasteiger partial charge < -0.3 is 20.1 Å². The van der Waals surface area contributed by atoms with E-state index < -0.39 is 0 Å². The first-order valence-corrected chi connectivity index (χ1v) is 26.7. The number of nitrogens with one attached hydrogen (secondary N) is 1. The molecule has 0 spiro atoms. The second kappa shape index (κ2) is 23.6. The van der Waals surface area contributed by atoms with Crippen LogP contribution >= 0.6 is 0 Å². The Morgan fingerprint density at radius 2 is 1.31 bits per heavy atom. The zero-order chi connectivity index (χ0) is 44.1. The monoisotopic (exact) mass is 872 g/mol. The Labute approximate surface area is 388 Å². The largest absolute Gasteiger partial charge is 0.394 e. The minimum Gasteiger partial charge on any atom is -0.394 e. The number of benzene rings is 3. The number of hydrogen-bond acceptors (Lipinski definition) is 5. The number of fused-ring (bicyclic) bond motifs is 1. The summed E-state index contributed by atoms with van der Waals surface area (Å²) in [6, 6.07) is 33.7. The van der Waals surface area contributed by atoms with Gasteiger partial charge in [-0.25, -0.2) is 0 Å². The molecule has 6 nitrogen and oxygen atoms in total. The zero-order valence-electron chi connectivity index (χ0n) is 40.0. The molecule has 1 unspecified atom stereocenters. The number of aliphatic hydroxyl groups excluding tert-OH is 1. The quantitative estimate of drug-likeness (QED) is 0.190. The van der Waals surface area contributed by atoms with Crippen LogP contribution in [0.3, 0.4) is 0 Å². The van der Waals surface area contributed by atoms with Crippen LogP contribution in [0.2, 0.25) is 0 Å². The molecule has 1 amide bonds. The van der Waals surface area contributed by atoms with Gasteiger partial charge in [-0.1, -0.05) is 143 Å². The molecule has 0 radical (unpaired) electrons. The van der Waals surface area contributed by atoms with Crippen LogP contribution in [0.15, 0.2) is 91.0 Å². The molecule has 4 saturated heterocycles. The topological polar surface area (TPSA) is 65.0 Å². The van der Waals surface area contributed by atoms with Gasteiger partial charge in [-0.2, -0.15) is 0 Å². The van der Waals surface area contributed by atoms with Crippen molar-refractivity contribution < 1.29 is 14.6 Å². The van der Waals surface area contributed by atoms with Crippen LogP contribution in [-0.2, 0) is 16.0 Å². The Morgan fingerprint density at radius 1 is 0.703 bits per heavy atom. The molecule has 4 aliphatic heterocycles. The lowest BCUT2D eigenvalue weighted by Crippen LogP contribution is -2.49. The summed E-state index contributed by atoms with van der Waals surface area (Å²) in [6.45, 7) is 7.99. The van der Waals surface area contributed by atoms with Gasteiger partial charge in [0.1, 0.15) is 5.72 Å². The minimum atomic E-state index is -0.345. The summed E-state index contributed by atoms with van der Waals surface area (Å²) in [5.74, 6) is 5.46. The van der Waals surface area contributed by atoms with E-state index in [0.717, 1.165) is 48.6 Å². The summed E-state index contributed by atoms with van der Waals surface area (Å²) in [4.78, 5) is 17.6. The second-order valence-electron chi connectivity index (χ2n) is 21.2. The molecule has 3 aliphatic carbocycles. The Balaban J connectivity index is 0.000000141. The molecule has 3 saturated carbocycles. The lowest BCUT2D eigenvalue weighted by Gasteiger charge is -2.43. The van der Waals surface area contributed by atoms with Crippen molar-refractivity contribution in [2.24, 2.45) is 35.5 Å². The van der Waals surface area contributed by atoms with Crippen molar-refractivity contribution in [3.63, 3.8) is 0 Å². The summed E-state index contributed by atoms with van der Waals surface area (Å²) >= 11 is 0. The number of amides is 1. The number of aryl methyl sites for hydroxylation is 1. The number of carbonyl (C=O) groups is 1. The van der Waals surface area contributed by atoms with Crippen LogP contribution in [0, 0.1) is 35.5 Å². The average Bonchev–Trinajstić information content (AvgIpc) is 4.21. The molecule has 5 atom stereocenters. The highest BCUT2D eigenvalue weighted by molar-refractivity contribution is 5.80. The van der Waals surface area contributed by atoms with Crippen LogP contribution in [0.4, 0.5) is 0 Å². The third-order valence-electron chi connectivity index (χ3n) is 17.8. The van der Waals surface area contributed by atoms with Crippen molar-refractivity contribution in [2.45, 2.75) is 185 Å². The van der Waals surface area contributed by atoms with Gasteiger partial charge in [0, 0.05) is 30.8 Å². The van der Waals surface area contributed by atoms with E-state index in [2.05, 4.69) is 114 Å². The number of rotatable bonds is 12. The van der Waals surface area contributed by atoms with E-state index >= 15 is 0 Å². The normalized spacial score (nSPS) is 33.5. The molecule has 10 rings (SSSR count). The van der Waals surface area contributed by atoms with E-state index in [4.69, 9.17) is 4.74 Å². The summed E-state index contributed by atoms with van der Waals surface area (Å²) in [5.41, 5.74) is 3.59. The van der Waals surface area contributed by atoms with Crippen molar-refractivity contribution in [3.8, 4) is 0 Å². The summed E-state index contributed by atoms with van der Waals surface area (Å²) in [5, 5.41) is 13.7. The van der Waals surface area contributed by atoms with E-state index in [-0.39, 0.29) is 30.3 Å². The number of ether oxygens (including phenoxy) is 1. The Morgan fingerprint density at radius 3 is 1.92 bits per heavy atom. The SMILES string of the molecule is CCC1CCC([C@H]2CCCN2)CC1.CCC1CCC([C@H]2CCCN2[C@H](CO)c2ccccc2)CC1.O=C1CC[C@@]2(C3CCC(CCc4ccccc4)CC3)OCC(c3ccccc3)N12. The highest BCUT2D eigenvalue weighted by Gasteiger charge is 2.58. The number of likely N-dealkylation sites (tertiary alicyclic amines) is 1. The number of aliphatic hydroxyl groups is 1. The maximum Gasteiger partial charge on any atom is 0.225 e. The molecule has 64 heavy (non-hydrogen) atoms. The van der Waals surface area contributed by atoms with Gasteiger partial charge in [-0.15, -0.1) is 0 Å². The van der Waals surface area contributed by atoms with Crippen LogP contribution in [0.5, 0.6) is 0 Å². The molecule has 3 aromatic carbocycles. The molecule has 4 heterocycles. The molecule has 7 aliphatic rings. The summed E-state index contributed by atoms with van der Waals surface area (Å²) in [7, 11) is 0. The third-order valence-corrected chi connectivity index (χ3v) is 17.8. The van der Waals surface area contributed by atoms with Gasteiger partial charge in [0.05, 0.1) is 25.3 Å². The van der Waals surface area contributed by atoms with Gasteiger partial charge in [0.25, 0.3) is 0 Å². The van der Waals surface area contributed by atoms with Gasteiger partial charge in [0.2, 0.25) is 5.91 Å². The Kier molecular flexibility index (Phi) is 17.5. The molecule has 6 heteroatoms.